The molecule has 242 valence electrons. The first-order valence-electron chi connectivity index (χ1n) is 15.8. The number of benzene rings is 2. The van der Waals surface area contributed by atoms with E-state index >= 15 is 0 Å². The van der Waals surface area contributed by atoms with Crippen LogP contribution in [0.15, 0.2) is 45.6 Å². The van der Waals surface area contributed by atoms with E-state index in [1.165, 1.54) is 81.1 Å². The molecule has 8 nitrogen and oxygen atoms in total. The van der Waals surface area contributed by atoms with Gasteiger partial charge in [-0.1, -0.05) is 50.1 Å². The number of aromatic nitrogens is 1. The monoisotopic (exact) mass is 655 g/mol. The van der Waals surface area contributed by atoms with E-state index in [-0.39, 0.29) is 29.2 Å². The van der Waals surface area contributed by atoms with Gasteiger partial charge < -0.3 is 24.5 Å². The van der Waals surface area contributed by atoms with E-state index in [2.05, 4.69) is 16.7 Å². The number of fused-ring (bicyclic) bond motifs is 3. The van der Waals surface area contributed by atoms with E-state index in [9.17, 15) is 9.59 Å². The van der Waals surface area contributed by atoms with Crippen LogP contribution in [-0.4, -0.2) is 38.2 Å². The topological polar surface area (TPSA) is 103 Å². The number of anilines is 1. The molecule has 10 heteroatoms. The largest absolute Gasteiger partial charge is 0.493 e. The first kappa shape index (κ1) is 34.4. The van der Waals surface area contributed by atoms with Gasteiger partial charge in [-0.05, 0) is 68.4 Å². The molecule has 1 aliphatic carbocycles. The Morgan fingerprint density at radius 3 is 2.27 bits per heavy atom. The second kappa shape index (κ2) is 16.7. The number of hydrogen-bond donors (Lipinski definition) is 2. The summed E-state index contributed by atoms with van der Waals surface area (Å²) >= 11 is 6.25. The van der Waals surface area contributed by atoms with Crippen molar-refractivity contribution in [3.05, 3.63) is 68.7 Å². The number of pyridine rings is 1. The van der Waals surface area contributed by atoms with Gasteiger partial charge in [0.1, 0.15) is 5.58 Å². The van der Waals surface area contributed by atoms with Crippen LogP contribution in [0.3, 0.4) is 0 Å². The standard InChI is InChI=1S/C35H42ClN3O5.ClH/c1-42-31-20-26-29(40)21-33(44-30(26)22-32(31)43-2)35(41)38-18-12-8-6-4-3-5-7-11-17-37-34-24-13-9-10-14-27(24)39-28-19-23(36)15-16-25(28)34;/h15-16,19-22H,3-14,17-18H2,1-2H3,(H,37,39)(H,38,41);1H. The highest BCUT2D eigenvalue weighted by Gasteiger charge is 2.18. The van der Waals surface area contributed by atoms with Gasteiger partial charge in [-0.3, -0.25) is 14.6 Å². The van der Waals surface area contributed by atoms with Crippen LogP contribution in [0.1, 0.15) is 86.0 Å². The molecule has 2 aromatic heterocycles. The molecule has 2 heterocycles. The van der Waals surface area contributed by atoms with Gasteiger partial charge in [0.15, 0.2) is 22.7 Å². The zero-order valence-corrected chi connectivity index (χ0v) is 27.7. The Hall–Kier alpha value is -3.49. The molecule has 0 fully saturated rings. The number of methoxy groups -OCH3 is 2. The number of hydrogen-bond acceptors (Lipinski definition) is 7. The van der Waals surface area contributed by atoms with Gasteiger partial charge in [-0.25, -0.2) is 0 Å². The predicted molar refractivity (Wildman–Crippen MR) is 184 cm³/mol. The van der Waals surface area contributed by atoms with Gasteiger partial charge in [-0.15, -0.1) is 12.4 Å². The number of ether oxygens (including phenoxy) is 2. The van der Waals surface area contributed by atoms with E-state index in [1.54, 1.807) is 12.1 Å². The molecule has 0 atom stereocenters. The molecule has 0 saturated carbocycles. The van der Waals surface area contributed by atoms with Crippen molar-refractivity contribution in [2.75, 3.05) is 32.6 Å². The highest BCUT2D eigenvalue weighted by Crippen LogP contribution is 2.34. The van der Waals surface area contributed by atoms with E-state index in [0.29, 0.717) is 23.4 Å². The number of unbranched alkanes of at least 4 members (excludes halogenated alkanes) is 7. The number of carbonyl (C=O) groups excluding carboxylic acids is 1. The van der Waals surface area contributed by atoms with Gasteiger partial charge in [0, 0.05) is 47.0 Å². The van der Waals surface area contributed by atoms with Crippen molar-refractivity contribution in [2.24, 2.45) is 0 Å². The van der Waals surface area contributed by atoms with Crippen LogP contribution in [0, 0.1) is 0 Å². The summed E-state index contributed by atoms with van der Waals surface area (Å²) in [6, 6.07) is 10.4. The van der Waals surface area contributed by atoms with E-state index in [4.69, 9.17) is 30.5 Å². The van der Waals surface area contributed by atoms with E-state index < -0.39 is 5.91 Å². The van der Waals surface area contributed by atoms with Gasteiger partial charge in [0.2, 0.25) is 0 Å². The van der Waals surface area contributed by atoms with Crippen molar-refractivity contribution in [1.82, 2.24) is 10.3 Å². The number of nitrogens with zero attached hydrogens (tertiary/aromatic N) is 1. The van der Waals surface area contributed by atoms with Gasteiger partial charge in [0.05, 0.1) is 25.1 Å². The Bertz CT molecular complexity index is 1670. The molecule has 0 unspecified atom stereocenters. The number of amides is 1. The Kier molecular flexibility index (Phi) is 12.8. The Morgan fingerprint density at radius 2 is 1.53 bits per heavy atom. The maximum absolute atomic E-state index is 12.6. The van der Waals surface area contributed by atoms with Crippen LogP contribution in [-0.2, 0) is 12.8 Å². The summed E-state index contributed by atoms with van der Waals surface area (Å²) in [6.45, 7) is 1.50. The van der Waals surface area contributed by atoms with Crippen LogP contribution in [0.5, 0.6) is 11.5 Å². The summed E-state index contributed by atoms with van der Waals surface area (Å²) in [5.41, 5.74) is 4.86. The molecule has 0 saturated heterocycles. The normalized spacial score (nSPS) is 12.4. The van der Waals surface area contributed by atoms with Crippen molar-refractivity contribution in [1.29, 1.82) is 0 Å². The number of rotatable bonds is 15. The summed E-state index contributed by atoms with van der Waals surface area (Å²) in [4.78, 5) is 30.1. The average molecular weight is 657 g/mol. The highest BCUT2D eigenvalue weighted by atomic mass is 35.5. The van der Waals surface area contributed by atoms with E-state index in [0.717, 1.165) is 55.6 Å². The molecule has 1 amide bonds. The minimum absolute atomic E-state index is 0. The second-order valence-electron chi connectivity index (χ2n) is 11.5. The Labute approximate surface area is 275 Å². The summed E-state index contributed by atoms with van der Waals surface area (Å²) < 4.78 is 16.2. The van der Waals surface area contributed by atoms with Crippen molar-refractivity contribution < 1.29 is 18.7 Å². The first-order chi connectivity index (χ1) is 21.5. The first-order valence-corrected chi connectivity index (χ1v) is 16.2. The number of carbonyl (C=O) groups is 1. The summed E-state index contributed by atoms with van der Waals surface area (Å²) in [6.07, 6.45) is 13.6. The average Bonchev–Trinajstić information content (AvgIpc) is 3.03. The fourth-order valence-corrected chi connectivity index (χ4v) is 6.17. The third kappa shape index (κ3) is 8.61. The van der Waals surface area contributed by atoms with Crippen molar-refractivity contribution in [3.8, 4) is 11.5 Å². The molecule has 0 aliphatic heterocycles. The molecule has 2 aromatic carbocycles. The third-order valence-electron chi connectivity index (χ3n) is 8.37. The molecule has 45 heavy (non-hydrogen) atoms. The van der Waals surface area contributed by atoms with Crippen LogP contribution in [0.4, 0.5) is 5.69 Å². The Morgan fingerprint density at radius 1 is 0.867 bits per heavy atom. The third-order valence-corrected chi connectivity index (χ3v) is 8.61. The fourth-order valence-electron chi connectivity index (χ4n) is 6.01. The lowest BCUT2D eigenvalue weighted by molar-refractivity contribution is 0.0925. The van der Waals surface area contributed by atoms with Crippen LogP contribution in [0.2, 0.25) is 5.02 Å². The van der Waals surface area contributed by atoms with Gasteiger partial charge in [-0.2, -0.15) is 0 Å². The lowest BCUT2D eigenvalue weighted by Crippen LogP contribution is -2.25. The van der Waals surface area contributed by atoms with Crippen LogP contribution < -0.4 is 25.5 Å². The molecule has 0 bridgehead atoms. The quantitative estimate of drug-likeness (QED) is 0.124. The molecular weight excluding hydrogens is 613 g/mol. The summed E-state index contributed by atoms with van der Waals surface area (Å²) in [7, 11) is 3.01. The number of aryl methyl sites for hydroxylation is 1. The molecule has 0 radical (unpaired) electrons. The number of nitrogens with one attached hydrogen (secondary N) is 2. The zero-order valence-electron chi connectivity index (χ0n) is 26.1. The number of halogens is 2. The lowest BCUT2D eigenvalue weighted by atomic mass is 9.92. The van der Waals surface area contributed by atoms with Crippen LogP contribution >= 0.6 is 24.0 Å². The smallest absolute Gasteiger partial charge is 0.287 e. The predicted octanol–water partition coefficient (Wildman–Crippen LogP) is 8.28. The minimum Gasteiger partial charge on any atom is -0.493 e. The van der Waals surface area contributed by atoms with E-state index in [1.807, 2.05) is 12.1 Å². The molecule has 4 aromatic rings. The molecule has 1 aliphatic rings. The minimum atomic E-state index is -0.392. The van der Waals surface area contributed by atoms with Crippen LogP contribution in [0.25, 0.3) is 21.9 Å². The summed E-state index contributed by atoms with van der Waals surface area (Å²) in [5.74, 6) is 0.461. The van der Waals surface area contributed by atoms with Gasteiger partial charge in [0.25, 0.3) is 5.91 Å². The van der Waals surface area contributed by atoms with Gasteiger partial charge >= 0.3 is 0 Å². The highest BCUT2D eigenvalue weighted by molar-refractivity contribution is 6.31. The van der Waals surface area contributed by atoms with Crippen molar-refractivity contribution >= 4 is 57.5 Å². The maximum atomic E-state index is 12.6. The van der Waals surface area contributed by atoms with Crippen molar-refractivity contribution in [2.45, 2.75) is 77.0 Å². The SMILES string of the molecule is COc1cc2oc(C(=O)NCCCCCCCCCCNc3c4c(nc5cc(Cl)ccc35)CCCC4)cc(=O)c2cc1OC.Cl. The van der Waals surface area contributed by atoms with Crippen molar-refractivity contribution in [3.63, 3.8) is 0 Å². The lowest BCUT2D eigenvalue weighted by Gasteiger charge is -2.22. The molecular formula is C35H43Cl2N3O5. The summed E-state index contributed by atoms with van der Waals surface area (Å²) in [5, 5.41) is 8.86. The zero-order chi connectivity index (χ0) is 30.9. The molecule has 2 N–H and O–H groups in total. The fraction of sp³-hybridized carbons (Fsp3) is 0.457. The Balaban J connectivity index is 0.00000461. The molecule has 0 spiro atoms. The maximum Gasteiger partial charge on any atom is 0.287 e. The molecule has 5 rings (SSSR count). The second-order valence-corrected chi connectivity index (χ2v) is 11.9.